The number of amides is 2. The van der Waals surface area contributed by atoms with E-state index in [2.05, 4.69) is 5.32 Å². The van der Waals surface area contributed by atoms with E-state index in [0.717, 1.165) is 38.5 Å². The molecule has 110 valence electrons. The van der Waals surface area contributed by atoms with Crippen LogP contribution in [0.5, 0.6) is 0 Å². The van der Waals surface area contributed by atoms with Gasteiger partial charge in [0.15, 0.2) is 0 Å². The number of aliphatic hydroxyl groups excluding tert-OH is 1. The van der Waals surface area contributed by atoms with Crippen molar-refractivity contribution in [1.82, 2.24) is 10.2 Å². The van der Waals surface area contributed by atoms with Crippen molar-refractivity contribution >= 4 is 6.03 Å². The summed E-state index contributed by atoms with van der Waals surface area (Å²) in [6.45, 7) is 5.34. The van der Waals surface area contributed by atoms with Crippen molar-refractivity contribution in [2.75, 3.05) is 32.8 Å². The van der Waals surface area contributed by atoms with Gasteiger partial charge in [-0.05, 0) is 44.4 Å². The Morgan fingerprint density at radius 2 is 2.05 bits per heavy atom. The molecule has 2 aliphatic rings. The number of piperidine rings is 1. The van der Waals surface area contributed by atoms with Crippen molar-refractivity contribution in [3.05, 3.63) is 0 Å². The van der Waals surface area contributed by atoms with Gasteiger partial charge in [0.2, 0.25) is 0 Å². The van der Waals surface area contributed by atoms with Crippen LogP contribution in [-0.2, 0) is 4.74 Å². The number of carbonyl (C=O) groups excluding carboxylic acids is 1. The molecule has 0 radical (unpaired) electrons. The molecule has 1 atom stereocenters. The minimum absolute atomic E-state index is 0.000866. The fourth-order valence-electron chi connectivity index (χ4n) is 2.46. The Hall–Kier alpha value is -0.810. The Bertz CT molecular complexity index is 284. The molecule has 1 saturated heterocycles. The Labute approximate surface area is 115 Å². The average molecular weight is 270 g/mol. The van der Waals surface area contributed by atoms with Gasteiger partial charge in [-0.1, -0.05) is 0 Å². The summed E-state index contributed by atoms with van der Waals surface area (Å²) in [6.07, 6.45) is 4.11. The molecule has 0 aromatic carbocycles. The molecule has 1 unspecified atom stereocenters. The molecule has 0 bridgehead atoms. The van der Waals surface area contributed by atoms with E-state index < -0.39 is 0 Å². The first-order valence-corrected chi connectivity index (χ1v) is 7.45. The van der Waals surface area contributed by atoms with E-state index >= 15 is 0 Å². The van der Waals surface area contributed by atoms with E-state index in [4.69, 9.17) is 4.74 Å². The number of hydrogen-bond acceptors (Lipinski definition) is 3. The maximum atomic E-state index is 11.9. The van der Waals surface area contributed by atoms with Crippen LogP contribution in [-0.4, -0.2) is 55.0 Å². The standard InChI is InChI=1S/C14H26N2O3/c1-11(17)13-4-7-16(8-5-13)14(18)15-6-9-19-10-12-2-3-12/h11-13,17H,2-10H2,1H3,(H,15,18). The lowest BCUT2D eigenvalue weighted by atomic mass is 9.92. The highest BCUT2D eigenvalue weighted by atomic mass is 16.5. The molecule has 0 aromatic heterocycles. The van der Waals surface area contributed by atoms with Gasteiger partial charge in [-0.2, -0.15) is 0 Å². The molecule has 2 N–H and O–H groups in total. The smallest absolute Gasteiger partial charge is 0.317 e. The van der Waals surface area contributed by atoms with Gasteiger partial charge >= 0.3 is 6.03 Å². The van der Waals surface area contributed by atoms with E-state index in [1.54, 1.807) is 0 Å². The highest BCUT2D eigenvalue weighted by Gasteiger charge is 2.25. The second-order valence-corrected chi connectivity index (χ2v) is 5.82. The fraction of sp³-hybridized carbons (Fsp3) is 0.929. The summed E-state index contributed by atoms with van der Waals surface area (Å²) in [5, 5.41) is 12.4. The minimum atomic E-state index is -0.263. The summed E-state index contributed by atoms with van der Waals surface area (Å²) in [6, 6.07) is -0.000866. The topological polar surface area (TPSA) is 61.8 Å². The predicted octanol–water partition coefficient (Wildman–Crippen LogP) is 1.22. The van der Waals surface area contributed by atoms with Crippen LogP contribution in [0.15, 0.2) is 0 Å². The van der Waals surface area contributed by atoms with Crippen LogP contribution in [0.1, 0.15) is 32.6 Å². The largest absolute Gasteiger partial charge is 0.393 e. The molecule has 1 saturated carbocycles. The maximum Gasteiger partial charge on any atom is 0.317 e. The van der Waals surface area contributed by atoms with E-state index in [0.29, 0.717) is 19.1 Å². The summed E-state index contributed by atoms with van der Waals surface area (Å²) in [4.78, 5) is 13.7. The Kier molecular flexibility index (Phi) is 5.45. The van der Waals surface area contributed by atoms with Gasteiger partial charge in [-0.15, -0.1) is 0 Å². The number of nitrogens with zero attached hydrogens (tertiary/aromatic N) is 1. The van der Waals surface area contributed by atoms with E-state index in [1.165, 1.54) is 12.8 Å². The van der Waals surface area contributed by atoms with Gasteiger partial charge in [0, 0.05) is 26.2 Å². The molecule has 19 heavy (non-hydrogen) atoms. The zero-order chi connectivity index (χ0) is 13.7. The first kappa shape index (κ1) is 14.6. The number of nitrogens with one attached hydrogen (secondary N) is 1. The Morgan fingerprint density at radius 3 is 2.63 bits per heavy atom. The summed E-state index contributed by atoms with van der Waals surface area (Å²) in [5.74, 6) is 1.11. The molecule has 2 amide bonds. The van der Waals surface area contributed by atoms with Crippen LogP contribution in [0.3, 0.4) is 0 Å². The first-order chi connectivity index (χ1) is 9.16. The van der Waals surface area contributed by atoms with Crippen molar-refractivity contribution in [3.63, 3.8) is 0 Å². The molecule has 0 aromatic rings. The quantitative estimate of drug-likeness (QED) is 0.713. The van der Waals surface area contributed by atoms with Crippen molar-refractivity contribution < 1.29 is 14.6 Å². The second-order valence-electron chi connectivity index (χ2n) is 5.82. The van der Waals surface area contributed by atoms with E-state index in [-0.39, 0.29) is 12.1 Å². The molecule has 0 spiro atoms. The number of ether oxygens (including phenoxy) is 1. The maximum absolute atomic E-state index is 11.9. The van der Waals surface area contributed by atoms with Gasteiger partial charge in [0.25, 0.3) is 0 Å². The summed E-state index contributed by atoms with van der Waals surface area (Å²) >= 11 is 0. The van der Waals surface area contributed by atoms with Gasteiger partial charge in [0.1, 0.15) is 0 Å². The van der Waals surface area contributed by atoms with Gasteiger partial charge < -0.3 is 20.1 Å². The zero-order valence-electron chi connectivity index (χ0n) is 11.8. The average Bonchev–Trinajstić information content (AvgIpc) is 3.22. The highest BCUT2D eigenvalue weighted by molar-refractivity contribution is 5.74. The SMILES string of the molecule is CC(O)C1CCN(C(=O)NCCOCC2CC2)CC1. The van der Waals surface area contributed by atoms with Gasteiger partial charge in [-0.25, -0.2) is 4.79 Å². The lowest BCUT2D eigenvalue weighted by molar-refractivity contribution is 0.0787. The number of likely N-dealkylation sites (tertiary alicyclic amines) is 1. The monoisotopic (exact) mass is 270 g/mol. The number of urea groups is 1. The fourth-order valence-corrected chi connectivity index (χ4v) is 2.46. The number of hydrogen-bond donors (Lipinski definition) is 2. The first-order valence-electron chi connectivity index (χ1n) is 7.45. The van der Waals surface area contributed by atoms with Crippen molar-refractivity contribution in [1.29, 1.82) is 0 Å². The molecule has 2 rings (SSSR count). The molecule has 5 heteroatoms. The zero-order valence-corrected chi connectivity index (χ0v) is 11.8. The summed E-state index contributed by atoms with van der Waals surface area (Å²) in [7, 11) is 0. The van der Waals surface area contributed by atoms with Crippen molar-refractivity contribution in [3.8, 4) is 0 Å². The number of aliphatic hydroxyl groups is 1. The van der Waals surface area contributed by atoms with Crippen LogP contribution in [0, 0.1) is 11.8 Å². The van der Waals surface area contributed by atoms with E-state index in [1.807, 2.05) is 11.8 Å². The minimum Gasteiger partial charge on any atom is -0.393 e. The molecule has 1 aliphatic heterocycles. The van der Waals surface area contributed by atoms with Crippen LogP contribution in [0.2, 0.25) is 0 Å². The van der Waals surface area contributed by atoms with Gasteiger partial charge in [0.05, 0.1) is 12.7 Å². The van der Waals surface area contributed by atoms with Crippen LogP contribution in [0.4, 0.5) is 4.79 Å². The second kappa shape index (κ2) is 7.10. The van der Waals surface area contributed by atoms with Crippen LogP contribution in [0.25, 0.3) is 0 Å². The third kappa shape index (κ3) is 4.99. The molecule has 5 nitrogen and oxygen atoms in total. The highest BCUT2D eigenvalue weighted by Crippen LogP contribution is 2.28. The van der Waals surface area contributed by atoms with Gasteiger partial charge in [-0.3, -0.25) is 0 Å². The van der Waals surface area contributed by atoms with Crippen LogP contribution >= 0.6 is 0 Å². The summed E-state index contributed by atoms with van der Waals surface area (Å²) < 4.78 is 5.48. The molecule has 2 fully saturated rings. The van der Waals surface area contributed by atoms with Crippen LogP contribution < -0.4 is 5.32 Å². The Morgan fingerprint density at radius 1 is 1.37 bits per heavy atom. The molecular formula is C14H26N2O3. The molecule has 1 aliphatic carbocycles. The third-order valence-electron chi connectivity index (χ3n) is 4.08. The lowest BCUT2D eigenvalue weighted by Crippen LogP contribution is -2.46. The molecule has 1 heterocycles. The normalized spacial score (nSPS) is 22.3. The van der Waals surface area contributed by atoms with Crippen molar-refractivity contribution in [2.24, 2.45) is 11.8 Å². The lowest BCUT2D eigenvalue weighted by Gasteiger charge is -2.33. The molecular weight excluding hydrogens is 244 g/mol. The van der Waals surface area contributed by atoms with Crippen molar-refractivity contribution in [2.45, 2.75) is 38.7 Å². The number of carbonyl (C=O) groups is 1. The summed E-state index contributed by atoms with van der Waals surface area (Å²) in [5.41, 5.74) is 0. The third-order valence-corrected chi connectivity index (χ3v) is 4.08. The predicted molar refractivity (Wildman–Crippen MR) is 72.9 cm³/mol. The number of rotatable bonds is 6. The Balaban J connectivity index is 1.53. The van der Waals surface area contributed by atoms with E-state index in [9.17, 15) is 9.90 Å².